The fourth-order valence-electron chi connectivity index (χ4n) is 2.74. The Morgan fingerprint density at radius 2 is 0.920 bits per heavy atom. The Labute approximate surface area is 160 Å². The third kappa shape index (κ3) is 8.94. The van der Waals surface area contributed by atoms with Crippen molar-refractivity contribution in [3.05, 3.63) is 21.8 Å². The quantitative estimate of drug-likeness (QED) is 0.396. The third-order valence-electron chi connectivity index (χ3n) is 4.07. The highest BCUT2D eigenvalue weighted by Gasteiger charge is 2.30. The van der Waals surface area contributed by atoms with E-state index in [1.807, 2.05) is 27.7 Å². The maximum absolute atomic E-state index is 5.88. The van der Waals surface area contributed by atoms with Crippen molar-refractivity contribution in [2.45, 2.75) is 67.5 Å². The summed E-state index contributed by atoms with van der Waals surface area (Å²) in [5, 5.41) is 2.57. The standard InChI is InChI=1S/C18H38O4Si3/c1-9-19-23(20-10-2)17(7)15-25(13-5,14-6)16-18(8)24(21-11-3)22-12-4/h15-16H,9-14H2,1-8H3. The molecule has 0 unspecified atom stereocenters. The van der Waals surface area contributed by atoms with E-state index in [1.165, 1.54) is 22.5 Å². The van der Waals surface area contributed by atoms with Gasteiger partial charge in [0.25, 0.3) is 0 Å². The molecule has 0 aromatic heterocycles. The minimum Gasteiger partial charge on any atom is -0.390 e. The van der Waals surface area contributed by atoms with Gasteiger partial charge in [0.15, 0.2) is 0 Å². The van der Waals surface area contributed by atoms with Crippen LogP contribution in [0.25, 0.3) is 0 Å². The molecule has 0 heterocycles. The van der Waals surface area contributed by atoms with Gasteiger partial charge in [-0.05, 0) is 51.9 Å². The van der Waals surface area contributed by atoms with E-state index < -0.39 is 26.6 Å². The summed E-state index contributed by atoms with van der Waals surface area (Å²) in [6.45, 7) is 19.9. The fourth-order valence-corrected chi connectivity index (χ4v) is 10.7. The minimum atomic E-state index is -1.70. The molecule has 25 heavy (non-hydrogen) atoms. The van der Waals surface area contributed by atoms with E-state index in [9.17, 15) is 0 Å². The highest BCUT2D eigenvalue weighted by molar-refractivity contribution is 6.90. The Hall–Kier alpha value is -0.0294. The zero-order chi connectivity index (χ0) is 19.3. The van der Waals surface area contributed by atoms with E-state index in [0.717, 1.165) is 0 Å². The molecule has 0 aliphatic rings. The normalized spacial score (nSPS) is 14.0. The molecular weight excluding hydrogens is 364 g/mol. The maximum atomic E-state index is 5.88. The summed E-state index contributed by atoms with van der Waals surface area (Å²) >= 11 is 0. The first-order valence-electron chi connectivity index (χ1n) is 9.58. The lowest BCUT2D eigenvalue weighted by atomic mass is 10.7. The van der Waals surface area contributed by atoms with Crippen LogP contribution >= 0.6 is 0 Å². The molecular formula is C18H38O4Si3. The Bertz CT molecular complexity index is 363. The smallest absolute Gasteiger partial charge is 0.390 e. The van der Waals surface area contributed by atoms with E-state index in [2.05, 4.69) is 39.1 Å². The fraction of sp³-hybridized carbons (Fsp3) is 0.778. The van der Waals surface area contributed by atoms with Crippen molar-refractivity contribution < 1.29 is 17.7 Å². The summed E-state index contributed by atoms with van der Waals surface area (Å²) < 4.78 is 23.5. The van der Waals surface area contributed by atoms with Crippen molar-refractivity contribution in [3.8, 4) is 0 Å². The number of rotatable bonds is 14. The molecule has 7 heteroatoms. The maximum Gasteiger partial charge on any atom is 0.418 e. The molecule has 0 saturated carbocycles. The van der Waals surface area contributed by atoms with Gasteiger partial charge in [-0.15, -0.1) is 0 Å². The van der Waals surface area contributed by atoms with Crippen LogP contribution in [0.15, 0.2) is 21.8 Å². The van der Waals surface area contributed by atoms with Crippen molar-refractivity contribution in [1.82, 2.24) is 0 Å². The van der Waals surface area contributed by atoms with Gasteiger partial charge in [0, 0.05) is 26.4 Å². The highest BCUT2D eigenvalue weighted by Crippen LogP contribution is 2.24. The molecule has 0 saturated heterocycles. The number of allylic oxidation sites excluding steroid dienone is 2. The average molecular weight is 403 g/mol. The lowest BCUT2D eigenvalue weighted by Gasteiger charge is -2.26. The number of hydrogen-bond acceptors (Lipinski definition) is 4. The largest absolute Gasteiger partial charge is 0.418 e. The molecule has 0 atom stereocenters. The molecule has 4 nitrogen and oxygen atoms in total. The summed E-state index contributed by atoms with van der Waals surface area (Å²) in [5.41, 5.74) is 4.99. The molecule has 2 radical (unpaired) electrons. The van der Waals surface area contributed by atoms with Crippen LogP contribution in [-0.2, 0) is 17.7 Å². The van der Waals surface area contributed by atoms with Crippen molar-refractivity contribution in [1.29, 1.82) is 0 Å². The second-order valence-electron chi connectivity index (χ2n) is 5.90. The van der Waals surface area contributed by atoms with Crippen LogP contribution in [0, 0.1) is 0 Å². The molecule has 0 spiro atoms. The van der Waals surface area contributed by atoms with Gasteiger partial charge in [0.2, 0.25) is 0 Å². The van der Waals surface area contributed by atoms with E-state index >= 15 is 0 Å². The average Bonchev–Trinajstić information content (AvgIpc) is 2.60. The second-order valence-corrected chi connectivity index (χ2v) is 14.2. The van der Waals surface area contributed by atoms with E-state index in [0.29, 0.717) is 26.4 Å². The van der Waals surface area contributed by atoms with Gasteiger partial charge in [-0.2, -0.15) is 0 Å². The Morgan fingerprint density at radius 3 is 1.12 bits per heavy atom. The molecule has 0 aliphatic carbocycles. The molecule has 0 rings (SSSR count). The summed E-state index contributed by atoms with van der Waals surface area (Å²) in [4.78, 5) is 0. The predicted molar refractivity (Wildman–Crippen MR) is 112 cm³/mol. The first-order chi connectivity index (χ1) is 11.9. The first-order valence-corrected chi connectivity index (χ1v) is 14.8. The van der Waals surface area contributed by atoms with Crippen molar-refractivity contribution in [2.24, 2.45) is 0 Å². The summed E-state index contributed by atoms with van der Waals surface area (Å²) in [6.07, 6.45) is 0. The van der Waals surface area contributed by atoms with Crippen molar-refractivity contribution >= 4 is 26.6 Å². The van der Waals surface area contributed by atoms with Crippen LogP contribution in [-0.4, -0.2) is 53.1 Å². The van der Waals surface area contributed by atoms with E-state index in [4.69, 9.17) is 17.7 Å². The number of hydrogen-bond donors (Lipinski definition) is 0. The van der Waals surface area contributed by atoms with Gasteiger partial charge in [0.05, 0.1) is 0 Å². The molecule has 0 aromatic rings. The lowest BCUT2D eigenvalue weighted by Crippen LogP contribution is -2.35. The van der Waals surface area contributed by atoms with E-state index in [-0.39, 0.29) is 0 Å². The van der Waals surface area contributed by atoms with Crippen molar-refractivity contribution in [3.63, 3.8) is 0 Å². The first kappa shape index (κ1) is 25.0. The second kappa shape index (κ2) is 14.1. The van der Waals surface area contributed by atoms with Gasteiger partial charge < -0.3 is 17.7 Å². The molecule has 0 bridgehead atoms. The van der Waals surface area contributed by atoms with Gasteiger partial charge >= 0.3 is 18.6 Å². The Morgan fingerprint density at radius 1 is 0.640 bits per heavy atom. The molecule has 0 amide bonds. The van der Waals surface area contributed by atoms with Crippen LogP contribution in [0.5, 0.6) is 0 Å². The zero-order valence-electron chi connectivity index (χ0n) is 17.5. The van der Waals surface area contributed by atoms with Crippen LogP contribution in [0.2, 0.25) is 12.1 Å². The monoisotopic (exact) mass is 402 g/mol. The summed E-state index contributed by atoms with van der Waals surface area (Å²) in [6, 6.07) is 2.33. The van der Waals surface area contributed by atoms with Crippen molar-refractivity contribution in [2.75, 3.05) is 26.4 Å². The predicted octanol–water partition coefficient (Wildman–Crippen LogP) is 4.65. The Balaban J connectivity index is 5.63. The van der Waals surface area contributed by atoms with Gasteiger partial charge in [-0.25, -0.2) is 0 Å². The van der Waals surface area contributed by atoms with Crippen LogP contribution < -0.4 is 0 Å². The van der Waals surface area contributed by atoms with Crippen LogP contribution in [0.4, 0.5) is 0 Å². The molecule has 0 fully saturated rings. The molecule has 146 valence electrons. The molecule has 0 aromatic carbocycles. The van der Waals surface area contributed by atoms with Crippen LogP contribution in [0.1, 0.15) is 55.4 Å². The Kier molecular flexibility index (Phi) is 14.1. The molecule has 0 N–H and O–H groups in total. The lowest BCUT2D eigenvalue weighted by molar-refractivity contribution is 0.221. The zero-order valence-corrected chi connectivity index (χ0v) is 20.5. The summed E-state index contributed by atoms with van der Waals surface area (Å²) in [7, 11) is -4.38. The van der Waals surface area contributed by atoms with Gasteiger partial charge in [-0.1, -0.05) is 37.3 Å². The third-order valence-corrected chi connectivity index (χ3v) is 13.1. The molecule has 0 aliphatic heterocycles. The van der Waals surface area contributed by atoms with Crippen LogP contribution in [0.3, 0.4) is 0 Å². The van der Waals surface area contributed by atoms with Gasteiger partial charge in [-0.3, -0.25) is 0 Å². The SMILES string of the molecule is CCO[Si](OCC)C(C)=C[Si](C=C(C)[Si](OCC)OCC)(CC)CC. The minimum absolute atomic E-state index is 0.697. The summed E-state index contributed by atoms with van der Waals surface area (Å²) in [5.74, 6) is 0. The highest BCUT2D eigenvalue weighted by atomic mass is 28.3. The van der Waals surface area contributed by atoms with E-state index in [1.54, 1.807) is 0 Å². The topological polar surface area (TPSA) is 36.9 Å². The van der Waals surface area contributed by atoms with Gasteiger partial charge in [0.1, 0.15) is 8.07 Å².